The van der Waals surface area contributed by atoms with Crippen molar-refractivity contribution in [1.82, 2.24) is 25.0 Å². The van der Waals surface area contributed by atoms with Crippen LogP contribution in [0.3, 0.4) is 0 Å². The summed E-state index contributed by atoms with van der Waals surface area (Å²) in [5.74, 6) is -0.451. The molecule has 0 unspecified atom stereocenters. The number of nitro groups is 1. The van der Waals surface area contributed by atoms with Crippen molar-refractivity contribution in [3.05, 3.63) is 14.8 Å². The van der Waals surface area contributed by atoms with E-state index < -0.39 is 10.9 Å². The highest BCUT2D eigenvalue weighted by molar-refractivity contribution is 9.10. The quantitative estimate of drug-likeness (QED) is 0.603. The first-order valence-corrected chi connectivity index (χ1v) is 6.60. The summed E-state index contributed by atoms with van der Waals surface area (Å²) in [6.45, 7) is 3.24. The van der Waals surface area contributed by atoms with E-state index in [2.05, 4.69) is 31.3 Å². The maximum Gasteiger partial charge on any atom is 0.492 e. The van der Waals surface area contributed by atoms with Crippen LogP contribution in [0.15, 0.2) is 4.73 Å². The second-order valence-corrected chi connectivity index (χ2v) is 4.75. The van der Waals surface area contributed by atoms with E-state index in [1.807, 2.05) is 0 Å². The summed E-state index contributed by atoms with van der Waals surface area (Å²) in [5, 5.41) is 17.4. The van der Waals surface area contributed by atoms with Crippen molar-refractivity contribution in [2.24, 2.45) is 0 Å². The molecule has 10 heteroatoms. The summed E-state index contributed by atoms with van der Waals surface area (Å²) in [6, 6.07) is 0. The van der Waals surface area contributed by atoms with E-state index in [0.29, 0.717) is 13.1 Å². The highest BCUT2D eigenvalue weighted by Crippen LogP contribution is 2.12. The van der Waals surface area contributed by atoms with Gasteiger partial charge in [0.15, 0.2) is 0 Å². The van der Waals surface area contributed by atoms with Gasteiger partial charge < -0.3 is 20.3 Å². The SMILES string of the molecule is O=C(CCn1nc([N+](=O)[O-])nc1Br)N1CCNCC1. The van der Waals surface area contributed by atoms with Crippen LogP contribution >= 0.6 is 15.9 Å². The minimum absolute atomic E-state index is 0.0200. The van der Waals surface area contributed by atoms with Gasteiger partial charge in [0.2, 0.25) is 5.91 Å². The molecule has 2 heterocycles. The molecular weight excluding hydrogens is 320 g/mol. The van der Waals surface area contributed by atoms with Gasteiger partial charge in [0.25, 0.3) is 4.73 Å². The molecule has 1 aromatic rings. The summed E-state index contributed by atoms with van der Waals surface area (Å²) in [5.41, 5.74) is 0. The Labute approximate surface area is 117 Å². The van der Waals surface area contributed by atoms with Crippen LogP contribution in [0.4, 0.5) is 5.95 Å². The van der Waals surface area contributed by atoms with Crippen molar-refractivity contribution in [2.45, 2.75) is 13.0 Å². The Kier molecular flexibility index (Phi) is 4.43. The molecule has 0 bridgehead atoms. The predicted octanol–water partition coefficient (Wildman–Crippen LogP) is -0.229. The minimum atomic E-state index is -0.667. The summed E-state index contributed by atoms with van der Waals surface area (Å²) in [7, 11) is 0. The van der Waals surface area contributed by atoms with E-state index >= 15 is 0 Å². The van der Waals surface area contributed by atoms with Crippen molar-refractivity contribution in [3.63, 3.8) is 0 Å². The Morgan fingerprint density at radius 1 is 1.47 bits per heavy atom. The number of carbonyl (C=O) groups excluding carboxylic acids is 1. The molecule has 1 aliphatic rings. The average molecular weight is 333 g/mol. The molecule has 1 aromatic heterocycles. The molecule has 1 fully saturated rings. The summed E-state index contributed by atoms with van der Waals surface area (Å²) >= 11 is 3.08. The Morgan fingerprint density at radius 3 is 2.74 bits per heavy atom. The van der Waals surface area contributed by atoms with Gasteiger partial charge >= 0.3 is 5.95 Å². The standard InChI is InChI=1S/C9H13BrN6O3/c10-8-12-9(16(18)19)13-15(8)4-1-7(17)14-5-2-11-3-6-14/h11H,1-6H2. The van der Waals surface area contributed by atoms with E-state index in [4.69, 9.17) is 0 Å². The molecule has 0 atom stereocenters. The maximum atomic E-state index is 11.9. The molecule has 1 aliphatic heterocycles. The molecule has 1 N–H and O–H groups in total. The number of aryl methyl sites for hydroxylation is 1. The monoisotopic (exact) mass is 332 g/mol. The minimum Gasteiger partial charge on any atom is -0.390 e. The van der Waals surface area contributed by atoms with Gasteiger partial charge in [0.1, 0.15) is 0 Å². The van der Waals surface area contributed by atoms with Crippen LogP contribution in [0.25, 0.3) is 0 Å². The predicted molar refractivity (Wildman–Crippen MR) is 68.4 cm³/mol. The summed E-state index contributed by atoms with van der Waals surface area (Å²) in [4.78, 5) is 27.2. The number of piperazine rings is 1. The Bertz CT molecular complexity index is 484. The largest absolute Gasteiger partial charge is 0.492 e. The molecule has 1 saturated heterocycles. The van der Waals surface area contributed by atoms with Gasteiger partial charge in [-0.3, -0.25) is 4.79 Å². The molecule has 9 nitrogen and oxygen atoms in total. The van der Waals surface area contributed by atoms with Gasteiger partial charge in [-0.2, -0.15) is 4.68 Å². The zero-order valence-electron chi connectivity index (χ0n) is 10.1. The smallest absolute Gasteiger partial charge is 0.390 e. The van der Waals surface area contributed by atoms with E-state index in [1.165, 1.54) is 4.68 Å². The van der Waals surface area contributed by atoms with E-state index in [0.717, 1.165) is 13.1 Å². The topological polar surface area (TPSA) is 106 Å². The normalized spacial score (nSPS) is 15.5. The first-order valence-electron chi connectivity index (χ1n) is 5.81. The highest BCUT2D eigenvalue weighted by atomic mass is 79.9. The number of hydrogen-bond donors (Lipinski definition) is 1. The Balaban J connectivity index is 1.91. The molecule has 0 aliphatic carbocycles. The van der Waals surface area contributed by atoms with E-state index in [-0.39, 0.29) is 23.6 Å². The van der Waals surface area contributed by atoms with Gasteiger partial charge in [0, 0.05) is 53.6 Å². The second-order valence-electron chi connectivity index (χ2n) is 4.04. The third kappa shape index (κ3) is 3.47. The third-order valence-corrected chi connectivity index (χ3v) is 3.37. The fourth-order valence-corrected chi connectivity index (χ4v) is 2.22. The van der Waals surface area contributed by atoms with Crippen LogP contribution in [0, 0.1) is 10.1 Å². The van der Waals surface area contributed by atoms with Crippen molar-refractivity contribution in [3.8, 4) is 0 Å². The highest BCUT2D eigenvalue weighted by Gasteiger charge is 2.21. The van der Waals surface area contributed by atoms with Crippen LogP contribution in [-0.2, 0) is 11.3 Å². The number of aromatic nitrogens is 3. The van der Waals surface area contributed by atoms with Gasteiger partial charge in [0.05, 0.1) is 6.54 Å². The fourth-order valence-electron chi connectivity index (χ4n) is 1.81. The third-order valence-electron chi connectivity index (χ3n) is 2.79. The molecular formula is C9H13BrN6O3. The summed E-state index contributed by atoms with van der Waals surface area (Å²) in [6.07, 6.45) is 0.249. The van der Waals surface area contributed by atoms with Crippen LogP contribution < -0.4 is 5.32 Å². The summed E-state index contributed by atoms with van der Waals surface area (Å²) < 4.78 is 1.57. The van der Waals surface area contributed by atoms with Gasteiger partial charge in [-0.1, -0.05) is 0 Å². The number of amides is 1. The molecule has 0 saturated carbocycles. The Morgan fingerprint density at radius 2 is 2.16 bits per heavy atom. The Hall–Kier alpha value is -1.55. The van der Waals surface area contributed by atoms with Crippen LogP contribution in [-0.4, -0.2) is 56.7 Å². The lowest BCUT2D eigenvalue weighted by atomic mass is 10.3. The lowest BCUT2D eigenvalue weighted by molar-refractivity contribution is -0.394. The molecule has 104 valence electrons. The van der Waals surface area contributed by atoms with E-state index in [1.54, 1.807) is 4.90 Å². The lowest BCUT2D eigenvalue weighted by Gasteiger charge is -2.27. The van der Waals surface area contributed by atoms with Gasteiger partial charge in [-0.15, -0.1) is 0 Å². The molecule has 0 aromatic carbocycles. The van der Waals surface area contributed by atoms with Crippen molar-refractivity contribution < 1.29 is 9.72 Å². The number of rotatable bonds is 4. The van der Waals surface area contributed by atoms with Crippen LogP contribution in [0.5, 0.6) is 0 Å². The van der Waals surface area contributed by atoms with Gasteiger partial charge in [-0.25, -0.2) is 0 Å². The van der Waals surface area contributed by atoms with Crippen LogP contribution in [0.1, 0.15) is 6.42 Å². The number of nitrogens with zero attached hydrogens (tertiary/aromatic N) is 5. The maximum absolute atomic E-state index is 11.9. The molecule has 0 spiro atoms. The number of halogens is 1. The molecule has 19 heavy (non-hydrogen) atoms. The zero-order valence-corrected chi connectivity index (χ0v) is 11.7. The van der Waals surface area contributed by atoms with Crippen molar-refractivity contribution in [2.75, 3.05) is 26.2 Å². The van der Waals surface area contributed by atoms with Crippen molar-refractivity contribution in [1.29, 1.82) is 0 Å². The van der Waals surface area contributed by atoms with Crippen LogP contribution in [0.2, 0.25) is 0 Å². The first kappa shape index (κ1) is 13.9. The van der Waals surface area contributed by atoms with Crippen molar-refractivity contribution >= 4 is 27.8 Å². The fraction of sp³-hybridized carbons (Fsp3) is 0.667. The number of nitrogens with one attached hydrogen (secondary N) is 1. The van der Waals surface area contributed by atoms with Gasteiger partial charge in [-0.05, 0) is 9.91 Å². The van der Waals surface area contributed by atoms with E-state index in [9.17, 15) is 14.9 Å². The molecule has 0 radical (unpaired) electrons. The lowest BCUT2D eigenvalue weighted by Crippen LogP contribution is -2.46. The first-order chi connectivity index (χ1) is 9.08. The zero-order chi connectivity index (χ0) is 13.8. The molecule has 1 amide bonds. The number of hydrogen-bond acceptors (Lipinski definition) is 6. The second kappa shape index (κ2) is 6.06. The molecule has 2 rings (SSSR count). The average Bonchev–Trinajstić information content (AvgIpc) is 2.79. The number of carbonyl (C=O) groups is 1.